The van der Waals surface area contributed by atoms with Gasteiger partial charge in [-0.05, 0) is 19.8 Å². The van der Waals surface area contributed by atoms with Gasteiger partial charge in [0.15, 0.2) is 11.8 Å². The van der Waals surface area contributed by atoms with E-state index < -0.39 is 37.5 Å². The van der Waals surface area contributed by atoms with E-state index in [9.17, 15) is 4.57 Å². The van der Waals surface area contributed by atoms with Gasteiger partial charge in [-0.2, -0.15) is 4.99 Å². The molecule has 170 valence electrons. The summed E-state index contributed by atoms with van der Waals surface area (Å²) in [4.78, 5) is 14.5. The lowest BCUT2D eigenvalue weighted by Gasteiger charge is -2.36. The number of guanidine groups is 1. The number of ether oxygens (including phenoxy) is 2. The van der Waals surface area contributed by atoms with Crippen LogP contribution in [0.4, 0.5) is 4.39 Å². The minimum Gasteiger partial charge on any atom is -0.477 e. The van der Waals surface area contributed by atoms with Gasteiger partial charge in [0.25, 0.3) is 0 Å². The van der Waals surface area contributed by atoms with Crippen molar-refractivity contribution in [1.82, 2.24) is 4.90 Å². The molecule has 9 nitrogen and oxygen atoms in total. The van der Waals surface area contributed by atoms with Crippen LogP contribution in [0.1, 0.15) is 34.6 Å². The van der Waals surface area contributed by atoms with E-state index in [-0.39, 0.29) is 25.4 Å². The lowest BCUT2D eigenvalue weighted by molar-refractivity contribution is -0.106. The van der Waals surface area contributed by atoms with Gasteiger partial charge in [0.05, 0.1) is 26.0 Å². The van der Waals surface area contributed by atoms with Gasteiger partial charge >= 0.3 is 0 Å². The Morgan fingerprint density at radius 1 is 1.43 bits per heavy atom. The quantitative estimate of drug-likeness (QED) is 0.654. The van der Waals surface area contributed by atoms with E-state index >= 15 is 4.39 Å². The molecular formula is C19H33FN5O4P. The highest BCUT2D eigenvalue weighted by Gasteiger charge is 2.61. The van der Waals surface area contributed by atoms with Crippen LogP contribution in [0.5, 0.6) is 0 Å². The van der Waals surface area contributed by atoms with Crippen molar-refractivity contribution in [2.75, 3.05) is 32.7 Å². The number of alkyl halides is 1. The molecule has 0 aromatic heterocycles. The fourth-order valence-corrected chi connectivity index (χ4v) is 5.86. The molecule has 4 rings (SSSR count). The molecule has 6 atom stereocenters. The molecule has 0 bridgehead atoms. The molecule has 2 fully saturated rings. The van der Waals surface area contributed by atoms with Crippen molar-refractivity contribution in [3.8, 4) is 0 Å². The van der Waals surface area contributed by atoms with Crippen LogP contribution in [0.25, 0.3) is 0 Å². The first-order valence-electron chi connectivity index (χ1n) is 10.4. The zero-order chi connectivity index (χ0) is 22.3. The van der Waals surface area contributed by atoms with Crippen LogP contribution in [0.2, 0.25) is 0 Å². The summed E-state index contributed by atoms with van der Waals surface area (Å²) in [6.07, 6.45) is -1.80. The smallest absolute Gasteiger partial charge is 0.242 e. The van der Waals surface area contributed by atoms with Crippen LogP contribution in [-0.4, -0.2) is 79.3 Å². The SMILES string of the molecule is CC(C)C.CCOC1=NC(N)=NC2C1=NCN2[C@@H]1OC2COP(C)(=O)C[C@H]2[C@@]1(C)F. The normalized spacial score (nSPS) is 40.6. The monoisotopic (exact) mass is 445 g/mol. The number of halogens is 1. The van der Waals surface area contributed by atoms with Gasteiger partial charge in [-0.3, -0.25) is 9.56 Å². The molecule has 0 amide bonds. The van der Waals surface area contributed by atoms with E-state index in [0.717, 1.165) is 5.92 Å². The Labute approximate surface area is 177 Å². The Morgan fingerprint density at radius 3 is 2.73 bits per heavy atom. The number of hydrogen-bond donors (Lipinski definition) is 1. The van der Waals surface area contributed by atoms with Gasteiger partial charge in [0.2, 0.25) is 19.2 Å². The lowest BCUT2D eigenvalue weighted by atomic mass is 9.89. The molecule has 0 saturated carbocycles. The fraction of sp³-hybridized carbons (Fsp3) is 0.842. The average molecular weight is 445 g/mol. The van der Waals surface area contributed by atoms with Crippen LogP contribution in [0, 0.1) is 11.8 Å². The van der Waals surface area contributed by atoms with Crippen LogP contribution in [0.15, 0.2) is 15.0 Å². The van der Waals surface area contributed by atoms with E-state index in [1.807, 2.05) is 6.92 Å². The second kappa shape index (κ2) is 8.65. The molecule has 0 aliphatic carbocycles. The van der Waals surface area contributed by atoms with Gasteiger partial charge in [-0.1, -0.05) is 20.8 Å². The van der Waals surface area contributed by atoms with Crippen molar-refractivity contribution in [3.63, 3.8) is 0 Å². The van der Waals surface area contributed by atoms with Gasteiger partial charge in [0, 0.05) is 18.7 Å². The largest absolute Gasteiger partial charge is 0.477 e. The summed E-state index contributed by atoms with van der Waals surface area (Å²) >= 11 is 0. The molecule has 0 aromatic rings. The lowest BCUT2D eigenvalue weighted by Crippen LogP contribution is -2.54. The molecule has 0 spiro atoms. The average Bonchev–Trinajstić information content (AvgIpc) is 3.13. The third-order valence-electron chi connectivity index (χ3n) is 5.24. The minimum absolute atomic E-state index is 0.0571. The van der Waals surface area contributed by atoms with Crippen LogP contribution in [0.3, 0.4) is 0 Å². The summed E-state index contributed by atoms with van der Waals surface area (Å²) in [5.41, 5.74) is 4.60. The summed E-state index contributed by atoms with van der Waals surface area (Å²) < 4.78 is 45.0. The summed E-state index contributed by atoms with van der Waals surface area (Å²) in [6, 6.07) is 0. The molecule has 11 heteroatoms. The van der Waals surface area contributed by atoms with Gasteiger partial charge in [-0.15, -0.1) is 0 Å². The number of rotatable bonds is 2. The van der Waals surface area contributed by atoms with E-state index in [0.29, 0.717) is 18.2 Å². The Hall–Kier alpha value is -1.35. The summed E-state index contributed by atoms with van der Waals surface area (Å²) in [5.74, 6) is 0.692. The first-order chi connectivity index (χ1) is 14.0. The molecule has 0 radical (unpaired) electrons. The van der Waals surface area contributed by atoms with Crippen molar-refractivity contribution in [1.29, 1.82) is 0 Å². The minimum atomic E-state index is -2.81. The summed E-state index contributed by atoms with van der Waals surface area (Å²) in [7, 11) is -2.81. The Morgan fingerprint density at radius 2 is 2.10 bits per heavy atom. The number of aliphatic imine (C=N–C) groups is 3. The predicted molar refractivity (Wildman–Crippen MR) is 115 cm³/mol. The first kappa shape index (κ1) is 23.3. The first-order valence-corrected chi connectivity index (χ1v) is 12.6. The van der Waals surface area contributed by atoms with Crippen LogP contribution in [-0.2, 0) is 18.6 Å². The number of nitrogens with zero attached hydrogens (tertiary/aromatic N) is 4. The Kier molecular flexibility index (Phi) is 6.72. The van der Waals surface area contributed by atoms with Crippen molar-refractivity contribution in [3.05, 3.63) is 0 Å². The predicted octanol–water partition coefficient (Wildman–Crippen LogP) is 2.46. The van der Waals surface area contributed by atoms with E-state index in [1.165, 1.54) is 6.92 Å². The number of fused-ring (bicyclic) bond motifs is 2. The topological polar surface area (TPSA) is 111 Å². The van der Waals surface area contributed by atoms with E-state index in [1.54, 1.807) is 11.6 Å². The molecule has 4 aliphatic rings. The summed E-state index contributed by atoms with van der Waals surface area (Å²) in [5, 5.41) is 0. The highest BCUT2D eigenvalue weighted by molar-refractivity contribution is 7.58. The zero-order valence-corrected chi connectivity index (χ0v) is 19.4. The van der Waals surface area contributed by atoms with Crippen molar-refractivity contribution >= 4 is 24.9 Å². The molecule has 4 heterocycles. The van der Waals surface area contributed by atoms with Gasteiger partial charge in [0.1, 0.15) is 11.9 Å². The van der Waals surface area contributed by atoms with Crippen LogP contribution >= 0.6 is 7.37 Å². The molecule has 2 saturated heterocycles. The maximum absolute atomic E-state index is 15.8. The van der Waals surface area contributed by atoms with Gasteiger partial charge < -0.3 is 19.7 Å². The maximum Gasteiger partial charge on any atom is 0.242 e. The number of nitrogens with two attached hydrogens (primary N) is 1. The molecular weight excluding hydrogens is 412 g/mol. The second-order valence-electron chi connectivity index (χ2n) is 8.92. The van der Waals surface area contributed by atoms with Crippen molar-refractivity contribution < 1.29 is 23.0 Å². The third-order valence-corrected chi connectivity index (χ3v) is 6.99. The Bertz CT molecular complexity index is 797. The molecule has 3 unspecified atom stereocenters. The zero-order valence-electron chi connectivity index (χ0n) is 18.5. The number of hydrogen-bond acceptors (Lipinski definition) is 9. The van der Waals surface area contributed by atoms with Crippen molar-refractivity contribution in [2.24, 2.45) is 32.5 Å². The van der Waals surface area contributed by atoms with Crippen molar-refractivity contribution in [2.45, 2.75) is 58.8 Å². The van der Waals surface area contributed by atoms with Gasteiger partial charge in [-0.25, -0.2) is 14.3 Å². The summed E-state index contributed by atoms with van der Waals surface area (Å²) in [6.45, 7) is 12.1. The van der Waals surface area contributed by atoms with Crippen LogP contribution < -0.4 is 5.73 Å². The second-order valence-corrected chi connectivity index (χ2v) is 11.6. The highest BCUT2D eigenvalue weighted by atomic mass is 31.2. The van der Waals surface area contributed by atoms with E-state index in [4.69, 9.17) is 19.7 Å². The van der Waals surface area contributed by atoms with E-state index in [2.05, 4.69) is 35.7 Å². The standard InChI is InChI=1S/C15H23FN5O4P.C4H10/c1-4-23-12-10-11(19-14(17)20-12)21(7-18-10)13-15(2,16)8-6-26(3,22)24-5-9(8)25-13;1-4(2)3/h8-9,11,13H,4-7H2,1-3H3,(H2,17,19);4H,1-3H3/t8-,9?,11?,13-,15-,26?;/m1./s1. The fourth-order valence-electron chi connectivity index (χ4n) is 3.98. The molecule has 30 heavy (non-hydrogen) atoms. The highest BCUT2D eigenvalue weighted by Crippen LogP contribution is 2.56. The Balaban J connectivity index is 0.000000589. The molecule has 0 aromatic carbocycles. The molecule has 2 N–H and O–H groups in total. The maximum atomic E-state index is 15.8. The third kappa shape index (κ3) is 4.61. The molecule has 4 aliphatic heterocycles.